The first kappa shape index (κ1) is 20.6. The van der Waals surface area contributed by atoms with Gasteiger partial charge in [0, 0.05) is 11.6 Å². The maximum atomic E-state index is 13.1. The number of nitrogens with one attached hydrogen (secondary N) is 1. The van der Waals surface area contributed by atoms with Gasteiger partial charge in [-0.25, -0.2) is 13.9 Å². The fourth-order valence-electron chi connectivity index (χ4n) is 3.16. The van der Waals surface area contributed by atoms with Gasteiger partial charge in [-0.3, -0.25) is 10.0 Å². The van der Waals surface area contributed by atoms with E-state index in [-0.39, 0.29) is 11.4 Å². The van der Waals surface area contributed by atoms with E-state index < -0.39 is 22.0 Å². The zero-order chi connectivity index (χ0) is 20.1. The molecule has 0 aromatic heterocycles. The fourth-order valence-corrected chi connectivity index (χ4v) is 4.94. The zero-order valence-electron chi connectivity index (χ0n) is 15.0. The molecule has 0 spiro atoms. The van der Waals surface area contributed by atoms with Crippen molar-refractivity contribution < 1.29 is 23.2 Å². The number of sulfonamides is 1. The zero-order valence-corrected chi connectivity index (χ0v) is 16.6. The van der Waals surface area contributed by atoms with E-state index in [1.54, 1.807) is 41.9 Å². The third-order valence-corrected chi connectivity index (χ3v) is 6.77. The molecule has 0 saturated carbocycles. The molecule has 1 heterocycles. The van der Waals surface area contributed by atoms with Crippen molar-refractivity contribution in [2.45, 2.75) is 36.6 Å². The molecule has 1 unspecified atom stereocenters. The summed E-state index contributed by atoms with van der Waals surface area (Å²) in [4.78, 5) is 12.1. The van der Waals surface area contributed by atoms with E-state index >= 15 is 0 Å². The molecule has 1 aliphatic heterocycles. The Morgan fingerprint density at radius 3 is 2.25 bits per heavy atom. The number of hydrogen-bond acceptors (Lipinski definition) is 5. The first-order valence-electron chi connectivity index (χ1n) is 8.91. The molecule has 2 aromatic carbocycles. The molecule has 9 heteroatoms. The van der Waals surface area contributed by atoms with E-state index in [2.05, 4.69) is 0 Å². The van der Waals surface area contributed by atoms with Crippen molar-refractivity contribution in [3.05, 3.63) is 53.6 Å². The summed E-state index contributed by atoms with van der Waals surface area (Å²) < 4.78 is 33.0. The van der Waals surface area contributed by atoms with Crippen molar-refractivity contribution in [1.82, 2.24) is 9.79 Å². The van der Waals surface area contributed by atoms with Gasteiger partial charge in [0.25, 0.3) is 5.91 Å². The van der Waals surface area contributed by atoms with Crippen LogP contribution in [-0.4, -0.2) is 36.4 Å². The smallest absolute Gasteiger partial charge is 0.261 e. The van der Waals surface area contributed by atoms with Crippen LogP contribution in [0, 0.1) is 0 Å². The molecule has 1 amide bonds. The van der Waals surface area contributed by atoms with E-state index in [0.29, 0.717) is 29.4 Å². The second kappa shape index (κ2) is 8.91. The highest BCUT2D eigenvalue weighted by Crippen LogP contribution is 2.28. The van der Waals surface area contributed by atoms with Crippen LogP contribution in [-0.2, 0) is 14.8 Å². The third-order valence-electron chi connectivity index (χ3n) is 4.60. The van der Waals surface area contributed by atoms with E-state index in [1.807, 2.05) is 0 Å². The van der Waals surface area contributed by atoms with Crippen molar-refractivity contribution in [2.24, 2.45) is 0 Å². The number of carbonyl (C=O) groups excluding carboxylic acids is 1. The second-order valence-electron chi connectivity index (χ2n) is 6.48. The lowest BCUT2D eigenvalue weighted by Gasteiger charge is -2.27. The Morgan fingerprint density at radius 1 is 1.04 bits per heavy atom. The summed E-state index contributed by atoms with van der Waals surface area (Å²) in [5.74, 6) is 0.335. The molecular formula is C19H21ClN2O5S. The van der Waals surface area contributed by atoms with E-state index in [4.69, 9.17) is 21.5 Å². The standard InChI is InChI=1S/C19H21ClN2O5S/c20-14-5-7-15(8-6-14)27-16-9-11-17(12-10-16)28(25,26)22-13-3-1-2-4-18(22)19(23)21-24/h5-12,18,24H,1-4,13H2,(H,21,23). The van der Waals surface area contributed by atoms with Gasteiger partial charge in [0.2, 0.25) is 10.0 Å². The molecule has 1 saturated heterocycles. The molecule has 1 fully saturated rings. The molecule has 2 aromatic rings. The normalized spacial score (nSPS) is 18.3. The topological polar surface area (TPSA) is 95.9 Å². The number of carbonyl (C=O) groups is 1. The molecule has 1 aliphatic rings. The van der Waals surface area contributed by atoms with Crippen LogP contribution in [0.5, 0.6) is 11.5 Å². The highest BCUT2D eigenvalue weighted by molar-refractivity contribution is 7.89. The summed E-state index contributed by atoms with van der Waals surface area (Å²) in [6, 6.07) is 11.9. The van der Waals surface area contributed by atoms with Crippen LogP contribution in [0.15, 0.2) is 53.4 Å². The van der Waals surface area contributed by atoms with Gasteiger partial charge in [-0.2, -0.15) is 4.31 Å². The van der Waals surface area contributed by atoms with Crippen molar-refractivity contribution >= 4 is 27.5 Å². The van der Waals surface area contributed by atoms with E-state index in [1.165, 1.54) is 16.4 Å². The number of halogens is 1. The minimum absolute atomic E-state index is 0.0635. The summed E-state index contributed by atoms with van der Waals surface area (Å²) in [5, 5.41) is 9.57. The molecule has 3 rings (SSSR count). The first-order valence-corrected chi connectivity index (χ1v) is 10.7. The SMILES string of the molecule is O=C(NO)C1CCCCCN1S(=O)(=O)c1ccc(Oc2ccc(Cl)cc2)cc1. The Bertz CT molecular complexity index is 916. The number of benzene rings is 2. The molecule has 150 valence electrons. The van der Waals surface area contributed by atoms with Gasteiger partial charge in [-0.15, -0.1) is 0 Å². The molecule has 7 nitrogen and oxygen atoms in total. The molecule has 1 atom stereocenters. The number of hydroxylamine groups is 1. The van der Waals surface area contributed by atoms with Crippen LogP contribution < -0.4 is 10.2 Å². The maximum absolute atomic E-state index is 13.1. The Kier molecular flexibility index (Phi) is 6.56. The predicted molar refractivity (Wildman–Crippen MR) is 104 cm³/mol. The molecule has 0 bridgehead atoms. The van der Waals surface area contributed by atoms with Crippen molar-refractivity contribution in [3.63, 3.8) is 0 Å². The molecule has 0 radical (unpaired) electrons. The van der Waals surface area contributed by atoms with Gasteiger partial charge >= 0.3 is 0 Å². The minimum Gasteiger partial charge on any atom is -0.457 e. The number of hydrogen-bond donors (Lipinski definition) is 2. The minimum atomic E-state index is -3.90. The Balaban J connectivity index is 1.82. The van der Waals surface area contributed by atoms with Crippen LogP contribution in [0.4, 0.5) is 0 Å². The number of rotatable bonds is 5. The van der Waals surface area contributed by atoms with Crippen LogP contribution in [0.25, 0.3) is 0 Å². The summed E-state index contributed by atoms with van der Waals surface area (Å²) in [5.41, 5.74) is 1.58. The average molecular weight is 425 g/mol. The average Bonchev–Trinajstić information content (AvgIpc) is 2.96. The fraction of sp³-hybridized carbons (Fsp3) is 0.316. The predicted octanol–water partition coefficient (Wildman–Crippen LogP) is 3.57. The Hall–Kier alpha value is -2.13. The van der Waals surface area contributed by atoms with Gasteiger partial charge < -0.3 is 4.74 Å². The van der Waals surface area contributed by atoms with Crippen molar-refractivity contribution in [3.8, 4) is 11.5 Å². The number of nitrogens with zero attached hydrogens (tertiary/aromatic N) is 1. The summed E-state index contributed by atoms with van der Waals surface area (Å²) in [6.07, 6.45) is 2.57. The first-order chi connectivity index (χ1) is 13.4. The van der Waals surface area contributed by atoms with E-state index in [0.717, 1.165) is 12.8 Å². The van der Waals surface area contributed by atoms with Crippen molar-refractivity contribution in [1.29, 1.82) is 0 Å². The van der Waals surface area contributed by atoms with Gasteiger partial charge in [-0.05, 0) is 61.4 Å². The van der Waals surface area contributed by atoms with Crippen molar-refractivity contribution in [2.75, 3.05) is 6.54 Å². The number of ether oxygens (including phenoxy) is 1. The highest BCUT2D eigenvalue weighted by atomic mass is 35.5. The monoisotopic (exact) mass is 424 g/mol. The van der Waals surface area contributed by atoms with E-state index in [9.17, 15) is 13.2 Å². The Morgan fingerprint density at radius 2 is 1.64 bits per heavy atom. The lowest BCUT2D eigenvalue weighted by Crippen LogP contribution is -2.48. The number of amides is 1. The maximum Gasteiger partial charge on any atom is 0.261 e. The highest BCUT2D eigenvalue weighted by Gasteiger charge is 2.36. The van der Waals surface area contributed by atoms with Crippen LogP contribution in [0.1, 0.15) is 25.7 Å². The van der Waals surface area contributed by atoms with Gasteiger partial charge in [0.05, 0.1) is 4.90 Å². The molecule has 2 N–H and O–H groups in total. The molecule has 0 aliphatic carbocycles. The second-order valence-corrected chi connectivity index (χ2v) is 8.81. The molecule has 28 heavy (non-hydrogen) atoms. The van der Waals surface area contributed by atoms with Gasteiger partial charge in [-0.1, -0.05) is 24.4 Å². The lowest BCUT2D eigenvalue weighted by molar-refractivity contribution is -0.133. The lowest BCUT2D eigenvalue weighted by atomic mass is 10.1. The van der Waals surface area contributed by atoms with Crippen LogP contribution in [0.2, 0.25) is 5.02 Å². The largest absolute Gasteiger partial charge is 0.457 e. The Labute approximate surface area is 168 Å². The van der Waals surface area contributed by atoms with Gasteiger partial charge in [0.1, 0.15) is 17.5 Å². The van der Waals surface area contributed by atoms with Crippen LogP contribution in [0.3, 0.4) is 0 Å². The molecular weight excluding hydrogens is 404 g/mol. The van der Waals surface area contributed by atoms with Gasteiger partial charge in [0.15, 0.2) is 0 Å². The summed E-state index contributed by atoms with van der Waals surface area (Å²) in [7, 11) is -3.90. The summed E-state index contributed by atoms with van der Waals surface area (Å²) >= 11 is 5.84. The van der Waals surface area contributed by atoms with Crippen LogP contribution >= 0.6 is 11.6 Å². The third kappa shape index (κ3) is 4.64. The summed E-state index contributed by atoms with van der Waals surface area (Å²) in [6.45, 7) is 0.226. The quantitative estimate of drug-likeness (QED) is 0.565.